The van der Waals surface area contributed by atoms with Crippen LogP contribution < -0.4 is 15.8 Å². The molecule has 1 amide bonds. The lowest BCUT2D eigenvalue weighted by molar-refractivity contribution is -0.123. The van der Waals surface area contributed by atoms with Crippen molar-refractivity contribution in [2.24, 2.45) is 5.73 Å². The van der Waals surface area contributed by atoms with Crippen LogP contribution in [0.5, 0.6) is 5.75 Å². The summed E-state index contributed by atoms with van der Waals surface area (Å²) in [5.74, 6) is 0.164. The Morgan fingerprint density at radius 3 is 2.63 bits per heavy atom. The highest BCUT2D eigenvalue weighted by molar-refractivity contribution is 9.10. The Morgan fingerprint density at radius 2 is 2.11 bits per heavy atom. The summed E-state index contributed by atoms with van der Waals surface area (Å²) in [6.07, 6.45) is -0.635. The molecule has 0 fully saturated rings. The number of hydrogen-bond donors (Lipinski definition) is 2. The average Bonchev–Trinajstić information content (AvgIpc) is 2.28. The lowest BCUT2D eigenvalue weighted by atomic mass is 10.1. The third-order valence-corrected chi connectivity index (χ3v) is 3.31. The standard InChI is InChI=1S/C14H21BrN2O2/c1-9(13(16)18)19-11-5-6-12(15)10(7-11)8-17-14(2,3)4/h5-7,9,17H,8H2,1-4H3,(H2,16,18). The van der Waals surface area contributed by atoms with Crippen LogP contribution >= 0.6 is 15.9 Å². The molecular weight excluding hydrogens is 308 g/mol. The highest BCUT2D eigenvalue weighted by Crippen LogP contribution is 2.23. The smallest absolute Gasteiger partial charge is 0.258 e. The second-order valence-electron chi connectivity index (χ2n) is 5.52. The van der Waals surface area contributed by atoms with Gasteiger partial charge in [0.15, 0.2) is 6.10 Å². The third-order valence-electron chi connectivity index (χ3n) is 2.54. The lowest BCUT2D eigenvalue weighted by Gasteiger charge is -2.21. The molecule has 1 rings (SSSR count). The van der Waals surface area contributed by atoms with Gasteiger partial charge in [0, 0.05) is 16.6 Å². The maximum absolute atomic E-state index is 11.0. The molecule has 0 saturated carbocycles. The molecule has 4 nitrogen and oxygen atoms in total. The quantitative estimate of drug-likeness (QED) is 0.873. The highest BCUT2D eigenvalue weighted by atomic mass is 79.9. The second-order valence-corrected chi connectivity index (χ2v) is 6.37. The van der Waals surface area contributed by atoms with Crippen LogP contribution in [-0.4, -0.2) is 17.6 Å². The second kappa shape index (κ2) is 6.39. The van der Waals surface area contributed by atoms with Gasteiger partial charge in [-0.3, -0.25) is 4.79 Å². The first-order valence-corrected chi connectivity index (χ1v) is 6.98. The monoisotopic (exact) mass is 328 g/mol. The van der Waals surface area contributed by atoms with E-state index >= 15 is 0 Å². The van der Waals surface area contributed by atoms with E-state index in [4.69, 9.17) is 10.5 Å². The molecule has 5 heteroatoms. The fourth-order valence-corrected chi connectivity index (χ4v) is 1.77. The fraction of sp³-hybridized carbons (Fsp3) is 0.500. The number of nitrogens with two attached hydrogens (primary N) is 1. The lowest BCUT2D eigenvalue weighted by Crippen LogP contribution is -2.35. The number of halogens is 1. The van der Waals surface area contributed by atoms with Crippen LogP contribution in [0.1, 0.15) is 33.3 Å². The summed E-state index contributed by atoms with van der Waals surface area (Å²) >= 11 is 3.51. The van der Waals surface area contributed by atoms with Gasteiger partial charge in [0.2, 0.25) is 0 Å². The molecule has 106 valence electrons. The van der Waals surface area contributed by atoms with E-state index in [0.717, 1.165) is 10.0 Å². The summed E-state index contributed by atoms with van der Waals surface area (Å²) < 4.78 is 6.48. The number of primary amides is 1. The predicted molar refractivity (Wildman–Crippen MR) is 80.0 cm³/mol. The summed E-state index contributed by atoms with van der Waals surface area (Å²) in [4.78, 5) is 11.0. The molecule has 0 spiro atoms. The van der Waals surface area contributed by atoms with E-state index in [2.05, 4.69) is 42.0 Å². The average molecular weight is 329 g/mol. The van der Waals surface area contributed by atoms with Crippen LogP contribution in [0.3, 0.4) is 0 Å². The molecule has 0 heterocycles. The van der Waals surface area contributed by atoms with E-state index in [-0.39, 0.29) is 5.54 Å². The third kappa shape index (κ3) is 5.61. The summed E-state index contributed by atoms with van der Waals surface area (Å²) in [5.41, 5.74) is 6.29. The molecule has 0 saturated heterocycles. The molecule has 1 aromatic carbocycles. The van der Waals surface area contributed by atoms with Crippen molar-refractivity contribution in [2.45, 2.75) is 45.9 Å². The summed E-state index contributed by atoms with van der Waals surface area (Å²) in [6.45, 7) is 8.67. The number of ether oxygens (including phenoxy) is 1. The normalized spacial score (nSPS) is 13.1. The molecule has 0 aromatic heterocycles. The Hall–Kier alpha value is -1.07. The van der Waals surface area contributed by atoms with E-state index < -0.39 is 12.0 Å². The van der Waals surface area contributed by atoms with Crippen molar-refractivity contribution in [3.63, 3.8) is 0 Å². The first-order chi connectivity index (χ1) is 8.69. The van der Waals surface area contributed by atoms with E-state index in [1.807, 2.05) is 18.2 Å². The van der Waals surface area contributed by atoms with Gasteiger partial charge in [-0.2, -0.15) is 0 Å². The summed E-state index contributed by atoms with van der Waals surface area (Å²) in [7, 11) is 0. The zero-order chi connectivity index (χ0) is 14.6. The van der Waals surface area contributed by atoms with Crippen LogP contribution in [0.2, 0.25) is 0 Å². The van der Waals surface area contributed by atoms with Gasteiger partial charge in [-0.1, -0.05) is 15.9 Å². The maximum Gasteiger partial charge on any atom is 0.258 e. The Labute approximate surface area is 122 Å². The van der Waals surface area contributed by atoms with Gasteiger partial charge in [-0.25, -0.2) is 0 Å². The molecule has 0 aliphatic heterocycles. The molecular formula is C14H21BrN2O2. The van der Waals surface area contributed by atoms with Gasteiger partial charge in [0.1, 0.15) is 5.75 Å². The first kappa shape index (κ1) is 16.0. The minimum Gasteiger partial charge on any atom is -0.481 e. The van der Waals surface area contributed by atoms with Crippen LogP contribution in [-0.2, 0) is 11.3 Å². The van der Waals surface area contributed by atoms with Crippen LogP contribution in [0.15, 0.2) is 22.7 Å². The van der Waals surface area contributed by atoms with E-state index in [0.29, 0.717) is 12.3 Å². The molecule has 0 radical (unpaired) electrons. The van der Waals surface area contributed by atoms with Gasteiger partial charge in [-0.15, -0.1) is 0 Å². The van der Waals surface area contributed by atoms with Crippen molar-refractivity contribution >= 4 is 21.8 Å². The minimum atomic E-state index is -0.635. The molecule has 1 unspecified atom stereocenters. The van der Waals surface area contributed by atoms with Crippen molar-refractivity contribution in [3.8, 4) is 5.75 Å². The van der Waals surface area contributed by atoms with Crippen LogP contribution in [0.25, 0.3) is 0 Å². The minimum absolute atomic E-state index is 0.0385. The summed E-state index contributed by atoms with van der Waals surface area (Å²) in [5, 5.41) is 3.41. The first-order valence-electron chi connectivity index (χ1n) is 6.18. The van der Waals surface area contributed by atoms with E-state index in [9.17, 15) is 4.79 Å². The number of carbonyl (C=O) groups is 1. The number of rotatable bonds is 5. The zero-order valence-electron chi connectivity index (χ0n) is 11.8. The van der Waals surface area contributed by atoms with Gasteiger partial charge in [0.25, 0.3) is 5.91 Å². The Balaban J connectivity index is 2.79. The number of amides is 1. The largest absolute Gasteiger partial charge is 0.481 e. The molecule has 19 heavy (non-hydrogen) atoms. The maximum atomic E-state index is 11.0. The van der Waals surface area contributed by atoms with Crippen molar-refractivity contribution in [1.29, 1.82) is 0 Å². The van der Waals surface area contributed by atoms with Gasteiger partial charge in [0.05, 0.1) is 0 Å². The van der Waals surface area contributed by atoms with Gasteiger partial charge < -0.3 is 15.8 Å². The van der Waals surface area contributed by atoms with Crippen LogP contribution in [0, 0.1) is 0 Å². The molecule has 0 aliphatic rings. The Morgan fingerprint density at radius 1 is 1.47 bits per heavy atom. The number of benzene rings is 1. The van der Waals surface area contributed by atoms with Crippen molar-refractivity contribution in [3.05, 3.63) is 28.2 Å². The number of carbonyl (C=O) groups excluding carboxylic acids is 1. The van der Waals surface area contributed by atoms with Crippen molar-refractivity contribution in [2.75, 3.05) is 0 Å². The number of hydrogen-bond acceptors (Lipinski definition) is 3. The molecule has 1 aromatic rings. The Bertz CT molecular complexity index is 455. The van der Waals surface area contributed by atoms with Crippen molar-refractivity contribution in [1.82, 2.24) is 5.32 Å². The molecule has 0 bridgehead atoms. The predicted octanol–water partition coefficient (Wildman–Crippen LogP) is 2.59. The molecule has 0 aliphatic carbocycles. The topological polar surface area (TPSA) is 64.3 Å². The van der Waals surface area contributed by atoms with Crippen molar-refractivity contribution < 1.29 is 9.53 Å². The Kier molecular flexibility index (Phi) is 5.38. The molecule has 3 N–H and O–H groups in total. The van der Waals surface area contributed by atoms with E-state index in [1.165, 1.54) is 0 Å². The fourth-order valence-electron chi connectivity index (χ4n) is 1.38. The van der Waals surface area contributed by atoms with Crippen LogP contribution in [0.4, 0.5) is 0 Å². The highest BCUT2D eigenvalue weighted by Gasteiger charge is 2.13. The summed E-state index contributed by atoms with van der Waals surface area (Å²) in [6, 6.07) is 5.62. The molecule has 1 atom stereocenters. The zero-order valence-corrected chi connectivity index (χ0v) is 13.4. The number of nitrogens with one attached hydrogen (secondary N) is 1. The SMILES string of the molecule is CC(Oc1ccc(Br)c(CNC(C)(C)C)c1)C(N)=O. The van der Waals surface area contributed by atoms with E-state index in [1.54, 1.807) is 6.92 Å². The van der Waals surface area contributed by atoms with Gasteiger partial charge in [-0.05, 0) is 51.5 Å². The van der Waals surface area contributed by atoms with Gasteiger partial charge >= 0.3 is 0 Å².